The molecule has 0 aliphatic heterocycles. The molecule has 2 aliphatic rings. The van der Waals surface area contributed by atoms with E-state index < -0.39 is 5.97 Å². The Morgan fingerprint density at radius 3 is 1.38 bits per heavy atom. The highest BCUT2D eigenvalue weighted by molar-refractivity contribution is 5.85. The smallest absolute Gasteiger partial charge is 0.332 e. The summed E-state index contributed by atoms with van der Waals surface area (Å²) in [4.78, 5) is 46.0. The number of hydrogen-bond donors (Lipinski definition) is 2. The molecule has 5 rings (SSSR count). The molecular formula is C48H74N4O4. The minimum atomic E-state index is -1.00. The Morgan fingerprint density at radius 1 is 0.625 bits per heavy atom. The van der Waals surface area contributed by atoms with Gasteiger partial charge in [0.25, 0.3) is 5.56 Å². The van der Waals surface area contributed by atoms with E-state index in [4.69, 9.17) is 10.1 Å². The van der Waals surface area contributed by atoms with Crippen LogP contribution in [0.3, 0.4) is 0 Å². The summed E-state index contributed by atoms with van der Waals surface area (Å²) < 4.78 is 3.18. The highest BCUT2D eigenvalue weighted by atomic mass is 16.4. The molecule has 2 aliphatic carbocycles. The molecule has 0 atom stereocenters. The monoisotopic (exact) mass is 771 g/mol. The number of nitrogens with one attached hydrogen (secondary N) is 1. The van der Waals surface area contributed by atoms with Gasteiger partial charge >= 0.3 is 11.7 Å². The van der Waals surface area contributed by atoms with Crippen LogP contribution >= 0.6 is 0 Å². The van der Waals surface area contributed by atoms with Crippen molar-refractivity contribution >= 4 is 23.2 Å². The zero-order valence-electron chi connectivity index (χ0n) is 34.8. The molecule has 0 amide bonds. The number of aliphatic carboxylic acids is 1. The van der Waals surface area contributed by atoms with Crippen LogP contribution in [0.2, 0.25) is 0 Å². The SMILES string of the molecule is C=C.C=C.C=C.C=C.C=C.C=C.C=C.C=C.C=C.C=C.O=C(O)/C=C/c1ccc(-c2nc3c([nH]2)c(=O)n(CC2CCCCC2)c(=O)n3CC2CCCCC2)cc1. The predicted molar refractivity (Wildman–Crippen MR) is 252 cm³/mol. The van der Waals surface area contributed by atoms with E-state index in [1.807, 2.05) is 12.1 Å². The third kappa shape index (κ3) is 22.3. The molecule has 8 nitrogen and oxygen atoms in total. The van der Waals surface area contributed by atoms with Gasteiger partial charge in [0.1, 0.15) is 11.3 Å². The lowest BCUT2D eigenvalue weighted by atomic mass is 9.89. The molecule has 3 aromatic rings. The maximum atomic E-state index is 13.7. The lowest BCUT2D eigenvalue weighted by Crippen LogP contribution is -2.42. The van der Waals surface area contributed by atoms with E-state index in [0.29, 0.717) is 41.9 Å². The second-order valence-corrected chi connectivity index (χ2v) is 10.4. The number of benzene rings is 1. The molecule has 2 fully saturated rings. The second-order valence-electron chi connectivity index (χ2n) is 10.4. The fourth-order valence-electron chi connectivity index (χ4n) is 5.80. The summed E-state index contributed by atoms with van der Waals surface area (Å²) in [6, 6.07) is 7.28. The van der Waals surface area contributed by atoms with Crippen LogP contribution in [0.25, 0.3) is 28.6 Å². The fourth-order valence-corrected chi connectivity index (χ4v) is 5.80. The molecule has 1 aromatic carbocycles. The maximum Gasteiger partial charge on any atom is 0.332 e. The normalized spacial score (nSPS) is 12.1. The predicted octanol–water partition coefficient (Wildman–Crippen LogP) is 12.8. The highest BCUT2D eigenvalue weighted by Crippen LogP contribution is 2.27. The number of carbonyl (C=O) groups is 1. The first-order valence-electron chi connectivity index (χ1n) is 18.2. The van der Waals surface area contributed by atoms with Crippen molar-refractivity contribution in [2.75, 3.05) is 0 Å². The first-order valence-corrected chi connectivity index (χ1v) is 18.2. The number of imidazole rings is 1. The van der Waals surface area contributed by atoms with Crippen molar-refractivity contribution < 1.29 is 9.90 Å². The lowest BCUT2D eigenvalue weighted by Gasteiger charge is -2.24. The Morgan fingerprint density at radius 2 is 1.00 bits per heavy atom. The Kier molecular flexibility index (Phi) is 50.0. The molecule has 56 heavy (non-hydrogen) atoms. The fraction of sp³-hybridized carbons (Fsp3) is 0.292. The van der Waals surface area contributed by atoms with Crippen molar-refractivity contribution in [3.63, 3.8) is 0 Å². The topological polar surface area (TPSA) is 110 Å². The Labute approximate surface area is 340 Å². The van der Waals surface area contributed by atoms with Crippen LogP contribution in [-0.2, 0) is 17.9 Å². The van der Waals surface area contributed by atoms with Gasteiger partial charge in [0.2, 0.25) is 0 Å². The van der Waals surface area contributed by atoms with Crippen molar-refractivity contribution in [2.45, 2.75) is 77.3 Å². The summed E-state index contributed by atoms with van der Waals surface area (Å²) in [6.45, 7) is 61.1. The first kappa shape index (κ1) is 62.0. The Hall–Kier alpha value is -6.02. The quantitative estimate of drug-likeness (QED) is 0.184. The maximum absolute atomic E-state index is 13.7. The molecule has 0 saturated heterocycles. The molecule has 0 bridgehead atoms. The third-order valence-electron chi connectivity index (χ3n) is 7.79. The molecule has 2 heterocycles. The van der Waals surface area contributed by atoms with Gasteiger partial charge in [0.05, 0.1) is 0 Å². The number of carboxylic acid groups (broad SMARTS) is 1. The molecule has 2 saturated carbocycles. The average molecular weight is 771 g/mol. The van der Waals surface area contributed by atoms with Crippen molar-refractivity contribution in [3.8, 4) is 11.4 Å². The van der Waals surface area contributed by atoms with Crippen LogP contribution in [0, 0.1) is 11.8 Å². The molecule has 310 valence electrons. The zero-order chi connectivity index (χ0) is 45.1. The van der Waals surface area contributed by atoms with Gasteiger partial charge in [-0.1, -0.05) is 62.8 Å². The number of aromatic nitrogens is 4. The van der Waals surface area contributed by atoms with Crippen molar-refractivity contribution in [1.29, 1.82) is 0 Å². The van der Waals surface area contributed by atoms with E-state index in [9.17, 15) is 14.4 Å². The minimum Gasteiger partial charge on any atom is -0.478 e. The minimum absolute atomic E-state index is 0.240. The van der Waals surface area contributed by atoms with Crippen molar-refractivity contribution in [2.24, 2.45) is 11.8 Å². The van der Waals surface area contributed by atoms with Crippen LogP contribution in [0.15, 0.2) is 172 Å². The van der Waals surface area contributed by atoms with E-state index in [-0.39, 0.29) is 11.2 Å². The van der Waals surface area contributed by atoms with Gasteiger partial charge in [-0.3, -0.25) is 13.9 Å². The number of H-pyrrole nitrogens is 1. The number of aromatic amines is 1. The van der Waals surface area contributed by atoms with Crippen molar-refractivity contribution in [1.82, 2.24) is 19.1 Å². The number of carboxylic acids is 1. The standard InChI is InChI=1S/C28H34N4O4.10C2H4/c33-23(34)16-13-19-11-14-22(15-12-19)25-29-24-26(30-25)31(17-20-7-3-1-4-8-20)28(36)32(27(24)35)18-21-9-5-2-6-10-21;10*1-2/h11-16,20-21H,1-10,17-18H2,(H,29,30)(H,33,34);10*1-2H2/b16-13+;;;;;;;;;;. The highest BCUT2D eigenvalue weighted by Gasteiger charge is 2.24. The van der Waals surface area contributed by atoms with E-state index in [1.54, 1.807) is 16.7 Å². The summed E-state index contributed by atoms with van der Waals surface area (Å²) in [6.07, 6.45) is 14.1. The summed E-state index contributed by atoms with van der Waals surface area (Å²) in [5.74, 6) is 0.305. The van der Waals surface area contributed by atoms with E-state index in [0.717, 1.165) is 55.7 Å². The van der Waals surface area contributed by atoms with Crippen LogP contribution < -0.4 is 11.2 Å². The van der Waals surface area contributed by atoms with E-state index >= 15 is 0 Å². The summed E-state index contributed by atoms with van der Waals surface area (Å²) in [5.41, 5.74) is 1.80. The van der Waals surface area contributed by atoms with Crippen LogP contribution in [0.4, 0.5) is 0 Å². The van der Waals surface area contributed by atoms with Gasteiger partial charge in [-0.2, -0.15) is 0 Å². The molecule has 0 spiro atoms. The summed E-state index contributed by atoms with van der Waals surface area (Å²) in [7, 11) is 0. The second kappa shape index (κ2) is 45.1. The number of nitrogens with zero attached hydrogens (tertiary/aromatic N) is 3. The van der Waals surface area contributed by atoms with E-state index in [1.165, 1.54) is 36.3 Å². The zero-order valence-corrected chi connectivity index (χ0v) is 34.8. The van der Waals surface area contributed by atoms with Gasteiger partial charge in [-0.05, 0) is 49.2 Å². The van der Waals surface area contributed by atoms with Gasteiger partial charge in [-0.15, -0.1) is 132 Å². The first-order chi connectivity index (χ1) is 27.5. The summed E-state index contributed by atoms with van der Waals surface area (Å²) >= 11 is 0. The summed E-state index contributed by atoms with van der Waals surface area (Å²) in [5, 5.41) is 8.84. The van der Waals surface area contributed by atoms with Crippen LogP contribution in [-0.4, -0.2) is 30.2 Å². The number of hydrogen-bond acceptors (Lipinski definition) is 4. The van der Waals surface area contributed by atoms with Crippen LogP contribution in [0.1, 0.15) is 69.8 Å². The Bertz CT molecular complexity index is 1500. The Balaban J connectivity index is -0.000000273. The molecule has 0 unspecified atom stereocenters. The van der Waals surface area contributed by atoms with Crippen LogP contribution in [0.5, 0.6) is 0 Å². The largest absolute Gasteiger partial charge is 0.478 e. The molecular weight excluding hydrogens is 697 g/mol. The average Bonchev–Trinajstić information content (AvgIpc) is 3.77. The lowest BCUT2D eigenvalue weighted by molar-refractivity contribution is -0.131. The van der Waals surface area contributed by atoms with Gasteiger partial charge in [-0.25, -0.2) is 14.6 Å². The molecule has 2 N–H and O–H groups in total. The molecule has 8 heteroatoms. The number of fused-ring (bicyclic) bond motifs is 1. The molecule has 2 aromatic heterocycles. The number of rotatable bonds is 7. The molecule has 0 radical (unpaired) electrons. The van der Waals surface area contributed by atoms with Gasteiger partial charge in [0, 0.05) is 24.7 Å². The van der Waals surface area contributed by atoms with Gasteiger partial charge < -0.3 is 10.1 Å². The third-order valence-corrected chi connectivity index (χ3v) is 7.79. The van der Waals surface area contributed by atoms with Gasteiger partial charge in [0.15, 0.2) is 5.65 Å². The van der Waals surface area contributed by atoms with Crippen molar-refractivity contribution in [3.05, 3.63) is 188 Å². The van der Waals surface area contributed by atoms with E-state index in [2.05, 4.69) is 137 Å².